The minimum atomic E-state index is -1.10. The molecule has 0 spiro atoms. The first kappa shape index (κ1) is 31.2. The van der Waals surface area contributed by atoms with Crippen LogP contribution in [0.3, 0.4) is 0 Å². The monoisotopic (exact) mass is 694 g/mol. The molecule has 2 N–H and O–H groups in total. The average molecular weight is 696 g/mol. The molecule has 4 aromatic rings. The molecule has 2 atom stereocenters. The van der Waals surface area contributed by atoms with Gasteiger partial charge in [-0.2, -0.15) is 0 Å². The second-order valence-electron chi connectivity index (χ2n) is 11.5. The second kappa shape index (κ2) is 13.7. The Labute approximate surface area is 275 Å². The van der Waals surface area contributed by atoms with E-state index in [1.54, 1.807) is 0 Å². The first-order valence-electron chi connectivity index (χ1n) is 15.0. The zero-order valence-corrected chi connectivity index (χ0v) is 27.8. The molecule has 6 rings (SSSR count). The SMILES string of the molecule is Cc1ccc(S[C@]2(C(=O)NCCCN3CCOCC3)CC(=O)N(Cc3ccc(Br)cc3)[C@@H]2c2c[nH]c3cc(Cl)ccc23)cc1. The maximum Gasteiger partial charge on any atom is 0.239 e. The highest BCUT2D eigenvalue weighted by Gasteiger charge is 2.58. The summed E-state index contributed by atoms with van der Waals surface area (Å²) >= 11 is 11.4. The minimum Gasteiger partial charge on any atom is -0.379 e. The highest BCUT2D eigenvalue weighted by molar-refractivity contribution is 9.10. The summed E-state index contributed by atoms with van der Waals surface area (Å²) in [5, 5.41) is 4.84. The lowest BCUT2D eigenvalue weighted by Gasteiger charge is -2.36. The highest BCUT2D eigenvalue weighted by Crippen LogP contribution is 2.54. The number of carbonyl (C=O) groups excluding carboxylic acids is 2. The summed E-state index contributed by atoms with van der Waals surface area (Å²) < 4.78 is 5.35. The fourth-order valence-corrected chi connectivity index (χ4v) is 8.04. The molecule has 44 heavy (non-hydrogen) atoms. The Kier molecular flexibility index (Phi) is 9.68. The van der Waals surface area contributed by atoms with Gasteiger partial charge in [-0.15, -0.1) is 11.8 Å². The third-order valence-electron chi connectivity index (χ3n) is 8.47. The summed E-state index contributed by atoms with van der Waals surface area (Å²) in [7, 11) is 0. The number of ether oxygens (including phenoxy) is 1. The van der Waals surface area contributed by atoms with Crippen LogP contribution >= 0.6 is 39.3 Å². The van der Waals surface area contributed by atoms with Crippen molar-refractivity contribution in [1.82, 2.24) is 20.1 Å². The number of halogens is 2. The predicted octanol–water partition coefficient (Wildman–Crippen LogP) is 6.74. The number of aromatic amines is 1. The van der Waals surface area contributed by atoms with Crippen LogP contribution in [0.5, 0.6) is 0 Å². The molecular formula is C34H36BrClN4O3S. The largest absolute Gasteiger partial charge is 0.379 e. The Morgan fingerprint density at radius 3 is 2.61 bits per heavy atom. The van der Waals surface area contributed by atoms with E-state index in [1.165, 1.54) is 11.8 Å². The normalized spacial score (nSPS) is 20.8. The minimum absolute atomic E-state index is 0.0516. The first-order chi connectivity index (χ1) is 21.3. The molecule has 0 saturated carbocycles. The van der Waals surface area contributed by atoms with Crippen molar-refractivity contribution >= 4 is 62.0 Å². The number of aromatic nitrogens is 1. The number of likely N-dealkylation sites (tertiary alicyclic amines) is 1. The maximum absolute atomic E-state index is 14.6. The van der Waals surface area contributed by atoms with Gasteiger partial charge < -0.3 is 19.9 Å². The van der Waals surface area contributed by atoms with E-state index in [1.807, 2.05) is 72.6 Å². The van der Waals surface area contributed by atoms with E-state index in [2.05, 4.69) is 43.3 Å². The summed E-state index contributed by atoms with van der Waals surface area (Å²) in [4.78, 5) is 37.3. The van der Waals surface area contributed by atoms with Crippen LogP contribution in [0.2, 0.25) is 5.02 Å². The van der Waals surface area contributed by atoms with E-state index in [-0.39, 0.29) is 18.2 Å². The number of H-pyrrole nitrogens is 1. The van der Waals surface area contributed by atoms with Crippen molar-refractivity contribution < 1.29 is 14.3 Å². The fraction of sp³-hybridized carbons (Fsp3) is 0.353. The van der Waals surface area contributed by atoms with Crippen molar-refractivity contribution in [2.75, 3.05) is 39.4 Å². The Balaban J connectivity index is 1.39. The predicted molar refractivity (Wildman–Crippen MR) is 180 cm³/mol. The molecule has 0 bridgehead atoms. The van der Waals surface area contributed by atoms with Gasteiger partial charge in [0.15, 0.2) is 0 Å². The Morgan fingerprint density at radius 1 is 1.11 bits per heavy atom. The molecule has 3 aromatic carbocycles. The lowest BCUT2D eigenvalue weighted by Crippen LogP contribution is -2.48. The van der Waals surface area contributed by atoms with Crippen LogP contribution in [-0.4, -0.2) is 70.7 Å². The number of nitrogens with one attached hydrogen (secondary N) is 2. The number of hydrogen-bond donors (Lipinski definition) is 2. The number of nitrogens with zero attached hydrogens (tertiary/aromatic N) is 2. The Hall–Kier alpha value is -2.82. The molecule has 0 radical (unpaired) electrons. The Morgan fingerprint density at radius 2 is 1.86 bits per heavy atom. The first-order valence-corrected chi connectivity index (χ1v) is 17.0. The molecule has 0 aliphatic carbocycles. The number of hydrogen-bond acceptors (Lipinski definition) is 5. The van der Waals surface area contributed by atoms with Gasteiger partial charge in [0, 0.05) is 63.2 Å². The standard InChI is InChI=1S/C34H36BrClN4O3S/c1-23-3-10-27(11-4-23)44-34(33(42)37-13-2-14-39-15-17-43-18-16-39)20-31(41)40(22-24-5-7-25(35)8-6-24)32(34)29-21-38-30-19-26(36)9-12-28(29)30/h3-12,19,21,32,38H,2,13-18,20,22H2,1H3,(H,37,42)/t32-,34-/m1/s1. The number of rotatable bonds is 10. The number of fused-ring (bicyclic) bond motifs is 1. The van der Waals surface area contributed by atoms with Crippen LogP contribution in [0.15, 0.2) is 82.3 Å². The number of benzene rings is 3. The number of amides is 2. The molecule has 230 valence electrons. The molecule has 7 nitrogen and oxygen atoms in total. The quantitative estimate of drug-likeness (QED) is 0.180. The van der Waals surface area contributed by atoms with Gasteiger partial charge in [-0.3, -0.25) is 14.5 Å². The maximum atomic E-state index is 14.6. The van der Waals surface area contributed by atoms with Crippen LogP contribution in [0.25, 0.3) is 10.9 Å². The third-order valence-corrected chi connectivity index (χ3v) is 10.7. The van der Waals surface area contributed by atoms with Gasteiger partial charge in [0.1, 0.15) is 4.75 Å². The van der Waals surface area contributed by atoms with E-state index < -0.39 is 10.8 Å². The van der Waals surface area contributed by atoms with E-state index in [4.69, 9.17) is 16.3 Å². The molecule has 2 aliphatic rings. The van der Waals surface area contributed by atoms with Gasteiger partial charge in [0.25, 0.3) is 0 Å². The molecule has 2 aliphatic heterocycles. The number of thioether (sulfide) groups is 1. The van der Waals surface area contributed by atoms with Crippen LogP contribution in [0.1, 0.15) is 35.6 Å². The van der Waals surface area contributed by atoms with Gasteiger partial charge in [-0.1, -0.05) is 63.4 Å². The van der Waals surface area contributed by atoms with E-state index in [0.717, 1.165) is 76.2 Å². The summed E-state index contributed by atoms with van der Waals surface area (Å²) in [5.41, 5.74) is 3.91. The average Bonchev–Trinajstić information content (AvgIpc) is 3.55. The number of aryl methyl sites for hydroxylation is 1. The van der Waals surface area contributed by atoms with E-state index in [0.29, 0.717) is 18.1 Å². The molecule has 0 unspecified atom stereocenters. The van der Waals surface area contributed by atoms with Crippen LogP contribution in [0.4, 0.5) is 0 Å². The third kappa shape index (κ3) is 6.72. The molecule has 1 aromatic heterocycles. The van der Waals surface area contributed by atoms with Crippen molar-refractivity contribution in [1.29, 1.82) is 0 Å². The summed E-state index contributed by atoms with van der Waals surface area (Å²) in [6.07, 6.45) is 2.85. The molecule has 2 saturated heterocycles. The smallest absolute Gasteiger partial charge is 0.239 e. The zero-order valence-electron chi connectivity index (χ0n) is 24.7. The van der Waals surface area contributed by atoms with Gasteiger partial charge in [-0.05, 0) is 61.9 Å². The molecule has 3 heterocycles. The number of morpholine rings is 1. The van der Waals surface area contributed by atoms with E-state index >= 15 is 0 Å². The highest BCUT2D eigenvalue weighted by atomic mass is 79.9. The van der Waals surface area contributed by atoms with Gasteiger partial charge in [-0.25, -0.2) is 0 Å². The summed E-state index contributed by atoms with van der Waals surface area (Å²) in [5.74, 6) is -0.172. The van der Waals surface area contributed by atoms with Gasteiger partial charge in [0.05, 0.1) is 25.7 Å². The second-order valence-corrected chi connectivity index (χ2v) is 14.3. The lowest BCUT2D eigenvalue weighted by molar-refractivity contribution is -0.129. The van der Waals surface area contributed by atoms with Gasteiger partial charge >= 0.3 is 0 Å². The Bertz CT molecular complexity index is 1620. The van der Waals surface area contributed by atoms with Crippen molar-refractivity contribution in [2.24, 2.45) is 0 Å². The zero-order chi connectivity index (χ0) is 30.7. The van der Waals surface area contributed by atoms with Crippen molar-refractivity contribution in [3.05, 3.63) is 99.1 Å². The van der Waals surface area contributed by atoms with Crippen LogP contribution in [0, 0.1) is 6.92 Å². The molecule has 2 fully saturated rings. The fourth-order valence-electron chi connectivity index (χ4n) is 6.19. The van der Waals surface area contributed by atoms with Gasteiger partial charge in [0.2, 0.25) is 11.8 Å². The summed E-state index contributed by atoms with van der Waals surface area (Å²) in [6, 6.07) is 21.4. The summed E-state index contributed by atoms with van der Waals surface area (Å²) in [6.45, 7) is 7.17. The van der Waals surface area contributed by atoms with Crippen LogP contribution < -0.4 is 5.32 Å². The number of carbonyl (C=O) groups is 2. The van der Waals surface area contributed by atoms with Crippen molar-refractivity contribution in [3.63, 3.8) is 0 Å². The molecule has 2 amide bonds. The van der Waals surface area contributed by atoms with E-state index in [9.17, 15) is 9.59 Å². The molecule has 10 heteroatoms. The van der Waals surface area contributed by atoms with Crippen LogP contribution in [-0.2, 0) is 20.9 Å². The van der Waals surface area contributed by atoms with Crippen molar-refractivity contribution in [2.45, 2.75) is 42.0 Å². The topological polar surface area (TPSA) is 77.7 Å². The lowest BCUT2D eigenvalue weighted by atomic mass is 9.91. The van der Waals surface area contributed by atoms with Crippen molar-refractivity contribution in [3.8, 4) is 0 Å². The molecular weight excluding hydrogens is 660 g/mol.